The minimum Gasteiger partial charge on any atom is -0.443 e. The van der Waals surface area contributed by atoms with Crippen molar-refractivity contribution in [2.24, 2.45) is 5.92 Å². The molecule has 0 spiro atoms. The zero-order valence-electron chi connectivity index (χ0n) is 24.9. The number of carbonyl (C=O) groups is 2. The van der Waals surface area contributed by atoms with Gasteiger partial charge in [-0.25, -0.2) is 19.5 Å². The van der Waals surface area contributed by atoms with Crippen LogP contribution in [0.3, 0.4) is 0 Å². The lowest BCUT2D eigenvalue weighted by molar-refractivity contribution is -0.0129. The van der Waals surface area contributed by atoms with E-state index in [4.69, 9.17) is 35.8 Å². The fourth-order valence-corrected chi connectivity index (χ4v) is 5.89. The SMILES string of the molecule is CN(C(=O)OC(C)(C)C)c1nc(Cl)c(-c2nc3ccccc3s2)c(N(C)C2CCC(COC(=O)OC(C)(C)C)C2)n1. The zero-order chi connectivity index (χ0) is 30.1. The molecule has 0 N–H and O–H groups in total. The third-order valence-corrected chi connectivity index (χ3v) is 7.86. The fraction of sp³-hybridized carbons (Fsp3) is 0.552. The Morgan fingerprint density at radius 2 is 1.68 bits per heavy atom. The van der Waals surface area contributed by atoms with Gasteiger partial charge < -0.3 is 19.1 Å². The summed E-state index contributed by atoms with van der Waals surface area (Å²) in [7, 11) is 3.51. The van der Waals surface area contributed by atoms with Crippen LogP contribution >= 0.6 is 22.9 Å². The van der Waals surface area contributed by atoms with E-state index in [9.17, 15) is 9.59 Å². The normalized spacial score (nSPS) is 17.4. The number of para-hydroxylation sites is 1. The number of amides is 1. The molecule has 222 valence electrons. The smallest absolute Gasteiger partial charge is 0.443 e. The number of hydrogen-bond donors (Lipinski definition) is 0. The first kappa shape index (κ1) is 30.8. The first-order valence-corrected chi connectivity index (χ1v) is 14.8. The molecule has 0 bridgehead atoms. The Kier molecular flexibility index (Phi) is 8.98. The van der Waals surface area contributed by atoms with Gasteiger partial charge in [-0.05, 0) is 78.9 Å². The highest BCUT2D eigenvalue weighted by atomic mass is 35.5. The van der Waals surface area contributed by atoms with Crippen molar-refractivity contribution in [1.29, 1.82) is 0 Å². The molecule has 1 aromatic carbocycles. The summed E-state index contributed by atoms with van der Waals surface area (Å²) in [5, 5.41) is 0.876. The molecule has 2 aromatic heterocycles. The molecule has 0 radical (unpaired) electrons. The highest BCUT2D eigenvalue weighted by Gasteiger charge is 2.33. The van der Waals surface area contributed by atoms with E-state index in [-0.39, 0.29) is 29.7 Å². The average molecular weight is 604 g/mol. The summed E-state index contributed by atoms with van der Waals surface area (Å²) >= 11 is 8.34. The Labute approximate surface area is 250 Å². The maximum atomic E-state index is 12.8. The summed E-state index contributed by atoms with van der Waals surface area (Å²) in [6, 6.07) is 7.94. The number of hydrogen-bond acceptors (Lipinski definition) is 10. The van der Waals surface area contributed by atoms with E-state index in [0.717, 1.165) is 29.5 Å². The number of carbonyl (C=O) groups excluding carboxylic acids is 2. The van der Waals surface area contributed by atoms with Crippen LogP contribution in [0.4, 0.5) is 21.4 Å². The largest absolute Gasteiger partial charge is 0.508 e. The van der Waals surface area contributed by atoms with Crippen LogP contribution in [0, 0.1) is 5.92 Å². The van der Waals surface area contributed by atoms with Gasteiger partial charge in [-0.1, -0.05) is 23.7 Å². The van der Waals surface area contributed by atoms with Crippen molar-refractivity contribution >= 4 is 57.2 Å². The maximum absolute atomic E-state index is 12.8. The Morgan fingerprint density at radius 3 is 2.34 bits per heavy atom. The number of rotatable bonds is 6. The molecule has 1 fully saturated rings. The van der Waals surface area contributed by atoms with Crippen LogP contribution in [0.2, 0.25) is 5.15 Å². The van der Waals surface area contributed by atoms with Gasteiger partial charge in [0, 0.05) is 20.1 Å². The van der Waals surface area contributed by atoms with Gasteiger partial charge in [0.25, 0.3) is 0 Å². The van der Waals surface area contributed by atoms with Crippen molar-refractivity contribution in [1.82, 2.24) is 15.0 Å². The molecule has 0 aliphatic heterocycles. The van der Waals surface area contributed by atoms with Crippen molar-refractivity contribution < 1.29 is 23.8 Å². The van der Waals surface area contributed by atoms with Gasteiger partial charge in [0.2, 0.25) is 5.95 Å². The quantitative estimate of drug-likeness (QED) is 0.211. The molecule has 2 heterocycles. The summed E-state index contributed by atoms with van der Waals surface area (Å²) in [6.45, 7) is 11.1. The van der Waals surface area contributed by atoms with E-state index >= 15 is 0 Å². The number of thiazole rings is 1. The zero-order valence-corrected chi connectivity index (χ0v) is 26.4. The van der Waals surface area contributed by atoms with Crippen molar-refractivity contribution in [3.8, 4) is 10.6 Å². The predicted octanol–water partition coefficient (Wildman–Crippen LogP) is 7.33. The van der Waals surface area contributed by atoms with Crippen molar-refractivity contribution in [2.75, 3.05) is 30.5 Å². The Bertz CT molecular complexity index is 1380. The lowest BCUT2D eigenvalue weighted by atomic mass is 10.1. The van der Waals surface area contributed by atoms with Crippen molar-refractivity contribution in [2.45, 2.75) is 78.0 Å². The number of nitrogens with zero attached hydrogens (tertiary/aromatic N) is 5. The van der Waals surface area contributed by atoms with Crippen LogP contribution < -0.4 is 9.80 Å². The molecular formula is C29H38ClN5O5S. The predicted molar refractivity (Wildman–Crippen MR) is 162 cm³/mol. The highest BCUT2D eigenvalue weighted by Crippen LogP contribution is 2.42. The van der Waals surface area contributed by atoms with Crippen LogP contribution in [0.5, 0.6) is 0 Å². The molecule has 2 atom stereocenters. The van der Waals surface area contributed by atoms with E-state index in [2.05, 4.69) is 9.88 Å². The van der Waals surface area contributed by atoms with Gasteiger partial charge in [-0.2, -0.15) is 9.97 Å². The summed E-state index contributed by atoms with van der Waals surface area (Å²) in [6.07, 6.45) is 1.26. The Morgan fingerprint density at radius 1 is 1.00 bits per heavy atom. The van der Waals surface area contributed by atoms with E-state index in [0.29, 0.717) is 16.4 Å². The van der Waals surface area contributed by atoms with E-state index < -0.39 is 23.5 Å². The first-order chi connectivity index (χ1) is 19.1. The van der Waals surface area contributed by atoms with Gasteiger partial charge in [0.15, 0.2) is 0 Å². The topological polar surface area (TPSA) is 107 Å². The average Bonchev–Trinajstić information content (AvgIpc) is 3.51. The fourth-order valence-electron chi connectivity index (χ4n) is 4.58. The maximum Gasteiger partial charge on any atom is 0.508 e. The van der Waals surface area contributed by atoms with Crippen LogP contribution in [-0.4, -0.2) is 65.1 Å². The van der Waals surface area contributed by atoms with Gasteiger partial charge in [-0.3, -0.25) is 0 Å². The van der Waals surface area contributed by atoms with Gasteiger partial charge in [0.1, 0.15) is 27.2 Å². The molecule has 1 aliphatic carbocycles. The molecule has 12 heteroatoms. The summed E-state index contributed by atoms with van der Waals surface area (Å²) in [5.41, 5.74) is 0.163. The molecule has 10 nitrogen and oxygen atoms in total. The summed E-state index contributed by atoms with van der Waals surface area (Å²) in [4.78, 5) is 42.4. The standard InChI is InChI=1S/C29H38ClN5O5S/c1-28(2,3)39-26(36)35(8)25-32-22(30)21(24-31-19-11-9-10-12-20(19)41-24)23(33-25)34(7)18-14-13-17(15-18)16-38-27(37)40-29(4,5)6/h9-12,17-18H,13-16H2,1-8H3. The second kappa shape index (κ2) is 12.0. The van der Waals surface area contributed by atoms with Gasteiger partial charge in [-0.15, -0.1) is 11.3 Å². The molecule has 41 heavy (non-hydrogen) atoms. The molecule has 2 unspecified atom stereocenters. The molecule has 3 aromatic rings. The Hall–Kier alpha value is -3.18. The van der Waals surface area contributed by atoms with E-state index in [1.165, 1.54) is 16.2 Å². The Balaban J connectivity index is 1.63. The molecule has 1 amide bonds. The van der Waals surface area contributed by atoms with Crippen LogP contribution in [0.25, 0.3) is 20.8 Å². The highest BCUT2D eigenvalue weighted by molar-refractivity contribution is 7.21. The molecule has 0 saturated heterocycles. The van der Waals surface area contributed by atoms with Crippen LogP contribution in [0.15, 0.2) is 24.3 Å². The second-order valence-corrected chi connectivity index (χ2v) is 13.6. The number of anilines is 2. The molecular weight excluding hydrogens is 566 g/mol. The van der Waals surface area contributed by atoms with Gasteiger partial charge in [0.05, 0.1) is 22.4 Å². The summed E-state index contributed by atoms with van der Waals surface area (Å²) in [5.74, 6) is 0.856. The van der Waals surface area contributed by atoms with Crippen molar-refractivity contribution in [3.63, 3.8) is 0 Å². The second-order valence-electron chi connectivity index (χ2n) is 12.3. The minimum absolute atomic E-state index is 0.0843. The van der Waals surface area contributed by atoms with E-state index in [1.807, 2.05) is 31.3 Å². The third kappa shape index (κ3) is 7.77. The number of ether oxygens (including phenoxy) is 3. The van der Waals surface area contributed by atoms with Crippen LogP contribution in [0.1, 0.15) is 60.8 Å². The van der Waals surface area contributed by atoms with Crippen molar-refractivity contribution in [3.05, 3.63) is 29.4 Å². The third-order valence-electron chi connectivity index (χ3n) is 6.53. The molecule has 1 aliphatic rings. The van der Waals surface area contributed by atoms with Gasteiger partial charge >= 0.3 is 12.2 Å². The first-order valence-electron chi connectivity index (χ1n) is 13.6. The number of halogens is 1. The monoisotopic (exact) mass is 603 g/mol. The minimum atomic E-state index is -0.685. The lowest BCUT2D eigenvalue weighted by Gasteiger charge is -2.29. The molecule has 4 rings (SSSR count). The number of benzene rings is 1. The number of aromatic nitrogens is 3. The lowest BCUT2D eigenvalue weighted by Crippen LogP contribution is -2.36. The number of fused-ring (bicyclic) bond motifs is 1. The molecule has 1 saturated carbocycles. The van der Waals surface area contributed by atoms with Crippen LogP contribution in [-0.2, 0) is 14.2 Å². The summed E-state index contributed by atoms with van der Waals surface area (Å²) < 4.78 is 17.2. The van der Waals surface area contributed by atoms with E-state index in [1.54, 1.807) is 48.6 Å².